The lowest BCUT2D eigenvalue weighted by Gasteiger charge is -2.37. The highest BCUT2D eigenvalue weighted by Crippen LogP contribution is 2.51. The second kappa shape index (κ2) is 5.73. The Balaban J connectivity index is 1.89. The predicted molar refractivity (Wildman–Crippen MR) is 96.8 cm³/mol. The lowest BCUT2D eigenvalue weighted by molar-refractivity contribution is 0.370. The number of sulfone groups is 1. The Morgan fingerprint density at radius 2 is 1.62 bits per heavy atom. The Hall–Kier alpha value is -1.62. The van der Waals surface area contributed by atoms with Crippen LogP contribution in [0.4, 0.5) is 0 Å². The van der Waals surface area contributed by atoms with Crippen molar-refractivity contribution in [1.82, 2.24) is 5.32 Å². The summed E-state index contributed by atoms with van der Waals surface area (Å²) in [6.07, 6.45) is 3.45. The van der Waals surface area contributed by atoms with Gasteiger partial charge in [0.15, 0.2) is 0 Å². The molecule has 5 heteroatoms. The first-order valence-electron chi connectivity index (χ1n) is 8.07. The maximum absolute atomic E-state index is 13.4. The lowest BCUT2D eigenvalue weighted by atomic mass is 9.75. The third-order valence-corrected chi connectivity index (χ3v) is 7.34. The lowest BCUT2D eigenvalue weighted by Crippen LogP contribution is -2.41. The molecule has 1 spiro atoms. The van der Waals surface area contributed by atoms with Crippen LogP contribution >= 0.6 is 11.6 Å². The molecule has 124 valence electrons. The van der Waals surface area contributed by atoms with Crippen LogP contribution in [0.25, 0.3) is 6.08 Å². The van der Waals surface area contributed by atoms with Gasteiger partial charge in [0.2, 0.25) is 9.84 Å². The van der Waals surface area contributed by atoms with E-state index in [9.17, 15) is 8.42 Å². The highest BCUT2D eigenvalue weighted by atomic mass is 35.5. The number of halogens is 1. The number of rotatable bonds is 2. The summed E-state index contributed by atoms with van der Waals surface area (Å²) < 4.78 is 26.7. The summed E-state index contributed by atoms with van der Waals surface area (Å²) in [6.45, 7) is 1.64. The maximum Gasteiger partial charge on any atom is 0.203 e. The van der Waals surface area contributed by atoms with E-state index in [0.717, 1.165) is 37.1 Å². The first kappa shape index (κ1) is 15.9. The van der Waals surface area contributed by atoms with Gasteiger partial charge in [-0.05, 0) is 67.4 Å². The Kier molecular flexibility index (Phi) is 3.79. The van der Waals surface area contributed by atoms with E-state index in [0.29, 0.717) is 14.8 Å². The molecule has 4 rings (SSSR count). The third kappa shape index (κ3) is 2.32. The molecule has 1 saturated heterocycles. The van der Waals surface area contributed by atoms with Crippen molar-refractivity contribution in [3.05, 3.63) is 69.6 Å². The Morgan fingerprint density at radius 3 is 2.33 bits per heavy atom. The van der Waals surface area contributed by atoms with E-state index in [4.69, 9.17) is 11.6 Å². The molecular weight excluding hydrogens is 342 g/mol. The van der Waals surface area contributed by atoms with Crippen LogP contribution in [0.15, 0.2) is 58.3 Å². The van der Waals surface area contributed by atoms with E-state index in [1.54, 1.807) is 24.3 Å². The highest BCUT2D eigenvalue weighted by Gasteiger charge is 2.47. The number of hydrogen-bond donors (Lipinski definition) is 1. The van der Waals surface area contributed by atoms with Gasteiger partial charge >= 0.3 is 0 Å². The summed E-state index contributed by atoms with van der Waals surface area (Å²) in [5.41, 5.74) is 1.74. The summed E-state index contributed by atoms with van der Waals surface area (Å²) in [7, 11) is -3.56. The van der Waals surface area contributed by atoms with Crippen molar-refractivity contribution in [1.29, 1.82) is 0 Å². The number of benzene rings is 2. The van der Waals surface area contributed by atoms with Crippen molar-refractivity contribution >= 4 is 27.5 Å². The van der Waals surface area contributed by atoms with Gasteiger partial charge in [-0.25, -0.2) is 8.42 Å². The second-order valence-corrected chi connectivity index (χ2v) is 8.74. The van der Waals surface area contributed by atoms with Crippen LogP contribution in [0, 0.1) is 0 Å². The van der Waals surface area contributed by atoms with Crippen LogP contribution in [0.1, 0.15) is 24.0 Å². The molecule has 0 saturated carbocycles. The molecule has 2 aliphatic rings. The number of nitrogens with one attached hydrogen (secondary N) is 1. The predicted octanol–water partition coefficient (Wildman–Crippen LogP) is 3.79. The van der Waals surface area contributed by atoms with E-state index in [1.807, 2.05) is 24.3 Å². The van der Waals surface area contributed by atoms with Gasteiger partial charge in [-0.1, -0.05) is 35.9 Å². The van der Waals surface area contributed by atoms with Crippen LogP contribution in [0.5, 0.6) is 0 Å². The molecule has 1 fully saturated rings. The standard InChI is InChI=1S/C19H18ClNO2S/c20-15-5-7-16(8-6-15)24(22,23)18-13-14-3-1-2-4-17(14)19(18)9-11-21-12-10-19/h1-8,13,21H,9-12H2. The SMILES string of the molecule is O=S(=O)(C1=Cc2ccccc2C12CCNCC2)c1ccc(Cl)cc1. The van der Waals surface area contributed by atoms with Crippen molar-refractivity contribution < 1.29 is 8.42 Å². The first-order valence-corrected chi connectivity index (χ1v) is 9.93. The average Bonchev–Trinajstić information content (AvgIpc) is 2.91. The molecule has 0 amide bonds. The van der Waals surface area contributed by atoms with Gasteiger partial charge in [0.05, 0.1) is 9.80 Å². The zero-order valence-electron chi connectivity index (χ0n) is 13.1. The van der Waals surface area contributed by atoms with Crippen LogP contribution in [-0.2, 0) is 15.3 Å². The molecule has 0 radical (unpaired) electrons. The van der Waals surface area contributed by atoms with Gasteiger partial charge in [-0.3, -0.25) is 0 Å². The van der Waals surface area contributed by atoms with Crippen LogP contribution in [0.2, 0.25) is 5.02 Å². The second-order valence-electron chi connectivity index (χ2n) is 6.39. The van der Waals surface area contributed by atoms with Gasteiger partial charge in [0.1, 0.15) is 0 Å². The zero-order valence-corrected chi connectivity index (χ0v) is 14.7. The number of allylic oxidation sites excluding steroid dienone is 1. The monoisotopic (exact) mass is 359 g/mol. The molecule has 1 aliphatic heterocycles. The van der Waals surface area contributed by atoms with Crippen molar-refractivity contribution in [3.8, 4) is 0 Å². The van der Waals surface area contributed by atoms with Crippen molar-refractivity contribution in [2.75, 3.05) is 13.1 Å². The van der Waals surface area contributed by atoms with Crippen molar-refractivity contribution in [3.63, 3.8) is 0 Å². The molecule has 2 aromatic rings. The van der Waals surface area contributed by atoms with Gasteiger partial charge in [-0.2, -0.15) is 0 Å². The molecule has 1 aliphatic carbocycles. The fourth-order valence-corrected chi connectivity index (χ4v) is 5.90. The molecule has 0 unspecified atom stereocenters. The Bertz CT molecular complexity index is 911. The normalized spacial score (nSPS) is 19.1. The Morgan fingerprint density at radius 1 is 0.958 bits per heavy atom. The quantitative estimate of drug-likeness (QED) is 0.887. The molecule has 0 atom stereocenters. The van der Waals surface area contributed by atoms with Gasteiger partial charge < -0.3 is 5.32 Å². The minimum Gasteiger partial charge on any atom is -0.317 e. The maximum atomic E-state index is 13.4. The minimum absolute atomic E-state index is 0.309. The fourth-order valence-electron chi connectivity index (χ4n) is 3.92. The number of fused-ring (bicyclic) bond motifs is 2. The van der Waals surface area contributed by atoms with E-state index < -0.39 is 15.3 Å². The molecule has 24 heavy (non-hydrogen) atoms. The van der Waals surface area contributed by atoms with Crippen molar-refractivity contribution in [2.24, 2.45) is 0 Å². The third-order valence-electron chi connectivity index (χ3n) is 5.11. The van der Waals surface area contributed by atoms with E-state index >= 15 is 0 Å². The summed E-state index contributed by atoms with van der Waals surface area (Å²) in [4.78, 5) is 0.837. The van der Waals surface area contributed by atoms with Gasteiger partial charge in [-0.15, -0.1) is 0 Å². The van der Waals surface area contributed by atoms with Crippen LogP contribution in [-0.4, -0.2) is 21.5 Å². The van der Waals surface area contributed by atoms with Gasteiger partial charge in [0, 0.05) is 10.4 Å². The minimum atomic E-state index is -3.56. The Labute approximate surface area is 147 Å². The molecule has 3 nitrogen and oxygen atoms in total. The van der Waals surface area contributed by atoms with E-state index in [2.05, 4.69) is 11.4 Å². The molecule has 1 N–H and O–H groups in total. The number of piperidine rings is 1. The molecule has 2 aromatic carbocycles. The summed E-state index contributed by atoms with van der Waals surface area (Å²) in [5.74, 6) is 0. The van der Waals surface area contributed by atoms with Gasteiger partial charge in [0.25, 0.3) is 0 Å². The topological polar surface area (TPSA) is 46.2 Å². The van der Waals surface area contributed by atoms with E-state index in [1.165, 1.54) is 0 Å². The van der Waals surface area contributed by atoms with Crippen molar-refractivity contribution in [2.45, 2.75) is 23.2 Å². The molecule has 1 heterocycles. The molecular formula is C19H18ClNO2S. The first-order chi connectivity index (χ1) is 11.5. The molecule has 0 aromatic heterocycles. The summed E-state index contributed by atoms with van der Waals surface area (Å²) >= 11 is 5.92. The van der Waals surface area contributed by atoms with E-state index in [-0.39, 0.29) is 0 Å². The number of hydrogen-bond acceptors (Lipinski definition) is 3. The van der Waals surface area contributed by atoms with Crippen LogP contribution in [0.3, 0.4) is 0 Å². The van der Waals surface area contributed by atoms with Crippen LogP contribution < -0.4 is 5.32 Å². The smallest absolute Gasteiger partial charge is 0.203 e. The average molecular weight is 360 g/mol. The zero-order chi connectivity index (χ0) is 16.8. The summed E-state index contributed by atoms with van der Waals surface area (Å²) in [6, 6.07) is 14.5. The molecule has 0 bridgehead atoms. The largest absolute Gasteiger partial charge is 0.317 e. The fraction of sp³-hybridized carbons (Fsp3) is 0.263. The highest BCUT2D eigenvalue weighted by molar-refractivity contribution is 7.95. The summed E-state index contributed by atoms with van der Waals surface area (Å²) in [5, 5.41) is 3.88.